The zero-order valence-corrected chi connectivity index (χ0v) is 14.2. The summed E-state index contributed by atoms with van der Waals surface area (Å²) in [6, 6.07) is 14.0. The molecule has 3 rings (SSSR count). The summed E-state index contributed by atoms with van der Waals surface area (Å²) in [5.74, 6) is -0.709. The molecule has 0 aromatic heterocycles. The third-order valence-electron chi connectivity index (χ3n) is 4.12. The molecule has 0 spiro atoms. The smallest absolute Gasteiger partial charge is 0.264 e. The van der Waals surface area contributed by atoms with Crippen LogP contribution in [-0.2, 0) is 10.4 Å². The Morgan fingerprint density at radius 2 is 1.96 bits per heavy atom. The van der Waals surface area contributed by atoms with Crippen molar-refractivity contribution in [2.24, 2.45) is 0 Å². The number of benzene rings is 2. The fraction of sp³-hybridized carbons (Fsp3) is 0.222. The molecule has 1 heterocycles. The number of carbonyl (C=O) groups is 2. The minimum Gasteiger partial charge on any atom is -0.375 e. The molecule has 1 aliphatic heterocycles. The highest BCUT2D eigenvalue weighted by Gasteiger charge is 2.50. The summed E-state index contributed by atoms with van der Waals surface area (Å²) in [7, 11) is 0. The van der Waals surface area contributed by atoms with Crippen LogP contribution < -0.4 is 4.90 Å². The van der Waals surface area contributed by atoms with Gasteiger partial charge in [-0.2, -0.15) is 0 Å². The number of likely N-dealkylation sites (N-methyl/N-ethyl adjacent to an activating group) is 1. The van der Waals surface area contributed by atoms with Crippen LogP contribution in [0.1, 0.15) is 29.3 Å². The van der Waals surface area contributed by atoms with Gasteiger partial charge in [0.05, 0.1) is 12.1 Å². The van der Waals surface area contributed by atoms with E-state index >= 15 is 0 Å². The van der Waals surface area contributed by atoms with Crippen LogP contribution in [0.3, 0.4) is 0 Å². The van der Waals surface area contributed by atoms with Gasteiger partial charge in [-0.05, 0) is 25.1 Å². The molecule has 0 fully saturated rings. The maximum absolute atomic E-state index is 12.7. The number of para-hydroxylation sites is 1. The van der Waals surface area contributed by atoms with E-state index in [4.69, 9.17) is 0 Å². The summed E-state index contributed by atoms with van der Waals surface area (Å²) in [6.45, 7) is 2.29. The second-order valence-electron chi connectivity index (χ2n) is 5.54. The van der Waals surface area contributed by atoms with Crippen LogP contribution in [0, 0.1) is 0 Å². The SMILES string of the molecule is CCN1C(=O)[C@](O)(CC(=O)c2cccc(Br)c2)c2ccccc21. The van der Waals surface area contributed by atoms with Crippen LogP contribution in [0.25, 0.3) is 0 Å². The number of aliphatic hydroxyl groups is 1. The normalized spacial score (nSPS) is 19.8. The predicted octanol–water partition coefficient (Wildman–Crippen LogP) is 3.28. The molecular weight excluding hydrogens is 358 g/mol. The van der Waals surface area contributed by atoms with Crippen molar-refractivity contribution < 1.29 is 14.7 Å². The standard InChI is InChI=1S/C18H16BrNO3/c1-2-20-15-9-4-3-8-14(15)18(23,17(20)22)11-16(21)12-6-5-7-13(19)10-12/h3-10,23H,2,11H2,1H3/t18-/m0/s1. The molecule has 2 aromatic carbocycles. The molecule has 1 aliphatic rings. The van der Waals surface area contributed by atoms with E-state index in [0.717, 1.165) is 4.47 Å². The van der Waals surface area contributed by atoms with Crippen LogP contribution in [0.15, 0.2) is 53.0 Å². The number of ketones is 1. The molecule has 1 atom stereocenters. The maximum Gasteiger partial charge on any atom is 0.264 e. The third-order valence-corrected chi connectivity index (χ3v) is 4.61. The average molecular weight is 374 g/mol. The van der Waals surface area contributed by atoms with Gasteiger partial charge in [-0.25, -0.2) is 0 Å². The van der Waals surface area contributed by atoms with Crippen molar-refractivity contribution >= 4 is 33.3 Å². The number of amides is 1. The summed E-state index contributed by atoms with van der Waals surface area (Å²) in [4.78, 5) is 26.7. The number of nitrogens with zero attached hydrogens (tertiary/aromatic N) is 1. The molecule has 1 N–H and O–H groups in total. The first-order chi connectivity index (χ1) is 11.0. The summed E-state index contributed by atoms with van der Waals surface area (Å²) < 4.78 is 0.781. The number of hydrogen-bond acceptors (Lipinski definition) is 3. The third kappa shape index (κ3) is 2.60. The molecule has 0 bridgehead atoms. The Bertz CT molecular complexity index is 789. The quantitative estimate of drug-likeness (QED) is 0.836. The molecule has 1 amide bonds. The van der Waals surface area contributed by atoms with Crippen molar-refractivity contribution in [3.8, 4) is 0 Å². The van der Waals surface area contributed by atoms with Crippen LogP contribution in [-0.4, -0.2) is 23.3 Å². The second-order valence-corrected chi connectivity index (χ2v) is 6.45. The monoisotopic (exact) mass is 373 g/mol. The summed E-state index contributed by atoms with van der Waals surface area (Å²) >= 11 is 3.33. The van der Waals surface area contributed by atoms with Crippen molar-refractivity contribution in [2.75, 3.05) is 11.4 Å². The first-order valence-electron chi connectivity index (χ1n) is 7.40. The number of Topliss-reactive ketones (excluding diaryl/α,β-unsaturated/α-hetero) is 1. The fourth-order valence-electron chi connectivity index (χ4n) is 2.99. The maximum atomic E-state index is 12.7. The fourth-order valence-corrected chi connectivity index (χ4v) is 3.39. The number of carbonyl (C=O) groups excluding carboxylic acids is 2. The molecule has 4 nitrogen and oxygen atoms in total. The topological polar surface area (TPSA) is 57.6 Å². The van der Waals surface area contributed by atoms with Gasteiger partial charge in [-0.1, -0.05) is 46.3 Å². The molecule has 0 aliphatic carbocycles. The van der Waals surface area contributed by atoms with Crippen LogP contribution in [0.4, 0.5) is 5.69 Å². The number of anilines is 1. The molecule has 118 valence electrons. The van der Waals surface area contributed by atoms with Gasteiger partial charge in [0.25, 0.3) is 5.91 Å². The molecule has 0 saturated heterocycles. The number of hydrogen-bond donors (Lipinski definition) is 1. The van der Waals surface area contributed by atoms with Crippen molar-refractivity contribution in [3.05, 3.63) is 64.1 Å². The van der Waals surface area contributed by atoms with E-state index in [1.807, 2.05) is 19.1 Å². The minimum atomic E-state index is -1.80. The van der Waals surface area contributed by atoms with Gasteiger partial charge < -0.3 is 10.0 Å². The highest BCUT2D eigenvalue weighted by molar-refractivity contribution is 9.10. The molecule has 0 saturated carbocycles. The minimum absolute atomic E-state index is 0.268. The molecule has 0 unspecified atom stereocenters. The number of halogens is 1. The van der Waals surface area contributed by atoms with E-state index < -0.39 is 11.5 Å². The Morgan fingerprint density at radius 1 is 1.22 bits per heavy atom. The van der Waals surface area contributed by atoms with E-state index in [2.05, 4.69) is 15.9 Å². The zero-order valence-electron chi connectivity index (χ0n) is 12.6. The lowest BCUT2D eigenvalue weighted by atomic mass is 9.88. The average Bonchev–Trinajstić information content (AvgIpc) is 2.75. The van der Waals surface area contributed by atoms with Crippen LogP contribution >= 0.6 is 15.9 Å². The highest BCUT2D eigenvalue weighted by atomic mass is 79.9. The summed E-state index contributed by atoms with van der Waals surface area (Å²) in [5.41, 5.74) is -0.167. The second kappa shape index (κ2) is 5.91. The molecule has 5 heteroatoms. The summed E-state index contributed by atoms with van der Waals surface area (Å²) in [6.07, 6.45) is -0.268. The molecule has 2 aromatic rings. The van der Waals surface area contributed by atoms with Crippen molar-refractivity contribution in [3.63, 3.8) is 0 Å². The zero-order chi connectivity index (χ0) is 16.6. The first kappa shape index (κ1) is 15.9. The predicted molar refractivity (Wildman–Crippen MR) is 91.5 cm³/mol. The summed E-state index contributed by atoms with van der Waals surface area (Å²) in [5, 5.41) is 11.0. The van der Waals surface area contributed by atoms with Gasteiger partial charge in [0.2, 0.25) is 0 Å². The Kier molecular flexibility index (Phi) is 4.08. The Labute approximate surface area is 142 Å². The van der Waals surface area contributed by atoms with Gasteiger partial charge in [-0.15, -0.1) is 0 Å². The largest absolute Gasteiger partial charge is 0.375 e. The Morgan fingerprint density at radius 3 is 2.65 bits per heavy atom. The Balaban J connectivity index is 1.98. The van der Waals surface area contributed by atoms with Gasteiger partial charge in [0, 0.05) is 22.1 Å². The van der Waals surface area contributed by atoms with E-state index in [1.165, 1.54) is 4.90 Å². The lowest BCUT2D eigenvalue weighted by Gasteiger charge is -2.22. The molecule has 23 heavy (non-hydrogen) atoms. The number of rotatable bonds is 4. The van der Waals surface area contributed by atoms with Crippen LogP contribution in [0.5, 0.6) is 0 Å². The van der Waals surface area contributed by atoms with Crippen molar-refractivity contribution in [1.82, 2.24) is 0 Å². The van der Waals surface area contributed by atoms with E-state index in [1.54, 1.807) is 36.4 Å². The lowest BCUT2D eigenvalue weighted by Crippen LogP contribution is -2.41. The van der Waals surface area contributed by atoms with Crippen LogP contribution in [0.2, 0.25) is 0 Å². The van der Waals surface area contributed by atoms with E-state index in [0.29, 0.717) is 23.4 Å². The van der Waals surface area contributed by atoms with Crippen molar-refractivity contribution in [1.29, 1.82) is 0 Å². The van der Waals surface area contributed by atoms with E-state index in [9.17, 15) is 14.7 Å². The van der Waals surface area contributed by atoms with Gasteiger partial charge in [0.15, 0.2) is 11.4 Å². The van der Waals surface area contributed by atoms with Gasteiger partial charge in [-0.3, -0.25) is 9.59 Å². The first-order valence-corrected chi connectivity index (χ1v) is 8.19. The number of fused-ring (bicyclic) bond motifs is 1. The lowest BCUT2D eigenvalue weighted by molar-refractivity contribution is -0.135. The molecular formula is C18H16BrNO3. The molecule has 0 radical (unpaired) electrons. The Hall–Kier alpha value is -1.98. The van der Waals surface area contributed by atoms with Gasteiger partial charge in [0.1, 0.15) is 0 Å². The van der Waals surface area contributed by atoms with Gasteiger partial charge >= 0.3 is 0 Å². The van der Waals surface area contributed by atoms with Crippen molar-refractivity contribution in [2.45, 2.75) is 18.9 Å². The highest BCUT2D eigenvalue weighted by Crippen LogP contribution is 2.42. The van der Waals surface area contributed by atoms with E-state index in [-0.39, 0.29) is 12.2 Å².